The molecule has 2 aliphatic heterocycles. The van der Waals surface area contributed by atoms with Crippen LogP contribution in [0.2, 0.25) is 0 Å². The molecule has 2 saturated heterocycles. The normalized spacial score (nSPS) is 26.6. The van der Waals surface area contributed by atoms with Crippen molar-refractivity contribution < 1.29 is 28.7 Å². The molecule has 2 heterocycles. The summed E-state index contributed by atoms with van der Waals surface area (Å²) in [4.78, 5) is 44.4. The van der Waals surface area contributed by atoms with E-state index in [9.17, 15) is 14.4 Å². The van der Waals surface area contributed by atoms with Gasteiger partial charge in [-0.1, -0.05) is 18.2 Å². The van der Waals surface area contributed by atoms with Crippen LogP contribution < -0.4 is 4.84 Å². The van der Waals surface area contributed by atoms with Crippen LogP contribution in [0.4, 0.5) is 0 Å². The van der Waals surface area contributed by atoms with Gasteiger partial charge in [-0.15, -0.1) is 11.8 Å². The maximum absolute atomic E-state index is 12.7. The van der Waals surface area contributed by atoms with Crippen LogP contribution in [0.15, 0.2) is 30.3 Å². The molecule has 0 spiro atoms. The number of fused-ring (bicyclic) bond motifs is 1. The number of amides is 2. The molecule has 1 aromatic carbocycles. The molecule has 2 unspecified atom stereocenters. The van der Waals surface area contributed by atoms with E-state index in [1.165, 1.54) is 25.8 Å². The lowest BCUT2D eigenvalue weighted by atomic mass is 9.89. The molecule has 146 valence electrons. The zero-order valence-corrected chi connectivity index (χ0v) is 16.2. The molecule has 1 aromatic rings. The average Bonchev–Trinajstić information content (AvgIpc) is 2.66. The fourth-order valence-corrected chi connectivity index (χ4v) is 4.60. The van der Waals surface area contributed by atoms with Crippen molar-refractivity contribution in [1.29, 1.82) is 0 Å². The first-order valence-electron chi connectivity index (χ1n) is 8.48. The highest BCUT2D eigenvalue weighted by molar-refractivity contribution is 8.00. The molecule has 0 radical (unpaired) electrons. The van der Waals surface area contributed by atoms with Crippen LogP contribution in [-0.2, 0) is 23.9 Å². The van der Waals surface area contributed by atoms with Crippen LogP contribution in [0.3, 0.4) is 0 Å². The minimum atomic E-state index is -0.818. The van der Waals surface area contributed by atoms with E-state index in [2.05, 4.69) is 0 Å². The topological polar surface area (TPSA) is 85.4 Å². The molecule has 2 fully saturated rings. The highest BCUT2D eigenvalue weighted by atomic mass is 32.2. The van der Waals surface area contributed by atoms with Crippen LogP contribution in [0.1, 0.15) is 13.8 Å². The van der Waals surface area contributed by atoms with Gasteiger partial charge in [0.1, 0.15) is 5.37 Å². The van der Waals surface area contributed by atoms with E-state index in [0.29, 0.717) is 11.5 Å². The molecule has 0 aromatic heterocycles. The average molecular weight is 394 g/mol. The number of benzene rings is 1. The number of rotatable bonds is 6. The second-order valence-electron chi connectivity index (χ2n) is 6.76. The van der Waals surface area contributed by atoms with Gasteiger partial charge in [0.25, 0.3) is 11.8 Å². The van der Waals surface area contributed by atoms with Crippen LogP contribution in [-0.4, -0.2) is 65.4 Å². The van der Waals surface area contributed by atoms with E-state index in [4.69, 9.17) is 14.3 Å². The number of hydroxylamine groups is 2. The third-order valence-corrected chi connectivity index (χ3v) is 6.17. The fraction of sp³-hybridized carbons (Fsp3) is 0.500. The van der Waals surface area contributed by atoms with Gasteiger partial charge in [0.15, 0.2) is 18.6 Å². The first kappa shape index (κ1) is 19.5. The van der Waals surface area contributed by atoms with Crippen molar-refractivity contribution in [2.24, 2.45) is 5.41 Å². The Balaban J connectivity index is 1.70. The van der Waals surface area contributed by atoms with Crippen molar-refractivity contribution in [2.75, 3.05) is 26.2 Å². The number of hydrogen-bond donors (Lipinski definition) is 0. The molecule has 0 N–H and O–H groups in total. The van der Waals surface area contributed by atoms with Gasteiger partial charge < -0.3 is 19.2 Å². The number of carbonyl (C=O) groups excluding carboxylic acids is 3. The summed E-state index contributed by atoms with van der Waals surface area (Å²) >= 11 is 1.44. The lowest BCUT2D eigenvalue weighted by molar-refractivity contribution is -0.193. The van der Waals surface area contributed by atoms with E-state index in [1.807, 2.05) is 6.07 Å². The lowest BCUT2D eigenvalue weighted by Crippen LogP contribution is -2.74. The SMILES string of the molecule is COCOC(=O)C1(C)CS[C@@H]2C(N(Oc3ccccc3)C(C)=O)C(=O)N2C1. The van der Waals surface area contributed by atoms with Crippen molar-refractivity contribution in [1.82, 2.24) is 9.96 Å². The minimum absolute atomic E-state index is 0.123. The lowest BCUT2D eigenvalue weighted by Gasteiger charge is -2.54. The molecule has 2 amide bonds. The van der Waals surface area contributed by atoms with Gasteiger partial charge in [-0.2, -0.15) is 5.06 Å². The van der Waals surface area contributed by atoms with E-state index < -0.39 is 17.4 Å². The summed E-state index contributed by atoms with van der Waals surface area (Å²) in [5, 5.41) is 0.867. The molecule has 0 bridgehead atoms. The highest BCUT2D eigenvalue weighted by Gasteiger charge is 2.59. The Kier molecular flexibility index (Phi) is 5.61. The number of nitrogens with zero attached hydrogens (tertiary/aromatic N) is 2. The van der Waals surface area contributed by atoms with E-state index in [0.717, 1.165) is 5.06 Å². The number of hydrogen-bond acceptors (Lipinski definition) is 7. The summed E-state index contributed by atoms with van der Waals surface area (Å²) < 4.78 is 9.84. The Hall–Kier alpha value is -2.26. The number of thioether (sulfide) groups is 1. The third kappa shape index (κ3) is 3.74. The van der Waals surface area contributed by atoms with Gasteiger partial charge in [-0.25, -0.2) is 0 Å². The van der Waals surface area contributed by atoms with Gasteiger partial charge in [0, 0.05) is 26.3 Å². The largest absolute Gasteiger partial charge is 0.438 e. The second kappa shape index (κ2) is 7.77. The molecule has 9 heteroatoms. The van der Waals surface area contributed by atoms with Gasteiger partial charge in [-0.3, -0.25) is 14.4 Å². The quantitative estimate of drug-likeness (QED) is 0.311. The minimum Gasteiger partial charge on any atom is -0.438 e. The Bertz CT molecular complexity index is 730. The number of carbonyl (C=O) groups is 3. The van der Waals surface area contributed by atoms with Gasteiger partial charge in [0.05, 0.1) is 5.41 Å². The van der Waals surface area contributed by atoms with Crippen LogP contribution in [0, 0.1) is 5.41 Å². The van der Waals surface area contributed by atoms with Crippen molar-refractivity contribution >= 4 is 29.5 Å². The van der Waals surface area contributed by atoms with Crippen LogP contribution in [0.5, 0.6) is 5.75 Å². The molecule has 8 nitrogen and oxygen atoms in total. The molecule has 0 aliphatic carbocycles. The predicted octanol–water partition coefficient (Wildman–Crippen LogP) is 1.27. The van der Waals surface area contributed by atoms with Gasteiger partial charge in [0.2, 0.25) is 0 Å². The smallest absolute Gasteiger partial charge is 0.316 e. The van der Waals surface area contributed by atoms with Crippen LogP contribution >= 0.6 is 11.8 Å². The molecular weight excluding hydrogens is 372 g/mol. The van der Waals surface area contributed by atoms with Crippen molar-refractivity contribution in [3.05, 3.63) is 30.3 Å². The number of methoxy groups -OCH3 is 1. The monoisotopic (exact) mass is 394 g/mol. The van der Waals surface area contributed by atoms with E-state index in [1.54, 1.807) is 36.1 Å². The molecule has 3 atom stereocenters. The Morgan fingerprint density at radius 1 is 1.33 bits per heavy atom. The molecule has 3 rings (SSSR count). The van der Waals surface area contributed by atoms with Crippen LogP contribution in [0.25, 0.3) is 0 Å². The summed E-state index contributed by atoms with van der Waals surface area (Å²) in [7, 11) is 1.44. The number of ether oxygens (including phenoxy) is 2. The van der Waals surface area contributed by atoms with Crippen molar-refractivity contribution in [2.45, 2.75) is 25.3 Å². The highest BCUT2D eigenvalue weighted by Crippen LogP contribution is 2.44. The predicted molar refractivity (Wildman–Crippen MR) is 97.4 cm³/mol. The molecule has 0 saturated carbocycles. The first-order valence-corrected chi connectivity index (χ1v) is 9.53. The third-order valence-electron chi connectivity index (χ3n) is 4.52. The molecule has 2 aliphatic rings. The van der Waals surface area contributed by atoms with Crippen molar-refractivity contribution in [3.8, 4) is 5.75 Å². The van der Waals surface area contributed by atoms with Crippen molar-refractivity contribution in [3.63, 3.8) is 0 Å². The summed E-state index contributed by atoms with van der Waals surface area (Å²) in [5.74, 6) is -0.0601. The number of esters is 1. The maximum Gasteiger partial charge on any atom is 0.316 e. The summed E-state index contributed by atoms with van der Waals surface area (Å²) in [6, 6.07) is 8.12. The number of β-lactam (4-membered cyclic amide) rings is 1. The van der Waals surface area contributed by atoms with E-state index in [-0.39, 0.29) is 30.5 Å². The molecule has 27 heavy (non-hydrogen) atoms. The molecular formula is C18H22N2O6S. The second-order valence-corrected chi connectivity index (χ2v) is 7.87. The summed E-state index contributed by atoms with van der Waals surface area (Å²) in [5.41, 5.74) is -0.818. The standard InChI is InChI=1S/C18H22N2O6S/c1-12(21)20(26-13-7-5-4-6-8-13)14-15(22)19-9-18(2,10-27-16(14)19)17(23)25-11-24-3/h4-8,14,16H,9-11H2,1-3H3/t14?,16-,18?/m1/s1. The Labute approximate surface area is 161 Å². The first-order chi connectivity index (χ1) is 12.9. The zero-order chi connectivity index (χ0) is 19.6. The fourth-order valence-electron chi connectivity index (χ4n) is 3.08. The maximum atomic E-state index is 12.7. The Morgan fingerprint density at radius 3 is 2.67 bits per heavy atom. The summed E-state index contributed by atoms with van der Waals surface area (Å²) in [6.07, 6.45) is 0. The van der Waals surface area contributed by atoms with E-state index >= 15 is 0 Å². The zero-order valence-electron chi connectivity index (χ0n) is 15.4. The van der Waals surface area contributed by atoms with Gasteiger partial charge in [-0.05, 0) is 19.1 Å². The Morgan fingerprint density at radius 2 is 2.04 bits per heavy atom. The number of para-hydroxylation sites is 1. The summed E-state index contributed by atoms with van der Waals surface area (Å²) in [6.45, 7) is 3.23. The van der Waals surface area contributed by atoms with Gasteiger partial charge >= 0.3 is 5.97 Å².